The molecule has 0 bridgehead atoms. The van der Waals surface area contributed by atoms with Gasteiger partial charge in [0.25, 0.3) is 0 Å². The van der Waals surface area contributed by atoms with Crippen LogP contribution in [0.2, 0.25) is 0 Å². The molecular weight excluding hydrogens is 182 g/mol. The summed E-state index contributed by atoms with van der Waals surface area (Å²) in [6.45, 7) is 6.40. The van der Waals surface area contributed by atoms with Gasteiger partial charge in [-0.05, 0) is 24.0 Å². The van der Waals surface area contributed by atoms with Crippen molar-refractivity contribution in [3.63, 3.8) is 0 Å². The molecule has 1 heterocycles. The maximum atomic E-state index is 11.5. The Kier molecular flexibility index (Phi) is 3.65. The Morgan fingerprint density at radius 2 is 1.92 bits per heavy atom. The molecule has 0 aromatic heterocycles. The highest BCUT2D eigenvalue weighted by Gasteiger charge is 2.27. The van der Waals surface area contributed by atoms with Gasteiger partial charge in [0, 0.05) is 19.5 Å². The molecular formula is C10H19NOS. The minimum atomic E-state index is 0.269. The van der Waals surface area contributed by atoms with E-state index in [0.717, 1.165) is 25.9 Å². The second kappa shape index (κ2) is 4.36. The molecule has 0 aromatic carbocycles. The Hall–Kier alpha value is -0.180. The fourth-order valence-electron chi connectivity index (χ4n) is 1.62. The summed E-state index contributed by atoms with van der Waals surface area (Å²) in [4.78, 5) is 13.5. The van der Waals surface area contributed by atoms with E-state index in [2.05, 4.69) is 26.5 Å². The zero-order valence-electron chi connectivity index (χ0n) is 8.55. The van der Waals surface area contributed by atoms with Gasteiger partial charge in [0.2, 0.25) is 5.91 Å². The van der Waals surface area contributed by atoms with Gasteiger partial charge >= 0.3 is 0 Å². The molecule has 1 aliphatic rings. The summed E-state index contributed by atoms with van der Waals surface area (Å²) in [7, 11) is 0. The fraction of sp³-hybridized carbons (Fsp3) is 0.900. The molecule has 0 aliphatic carbocycles. The van der Waals surface area contributed by atoms with Crippen molar-refractivity contribution in [2.75, 3.05) is 18.8 Å². The molecule has 13 heavy (non-hydrogen) atoms. The average molecular weight is 201 g/mol. The van der Waals surface area contributed by atoms with Crippen LogP contribution in [0.15, 0.2) is 0 Å². The molecule has 0 aromatic rings. The number of piperidine rings is 1. The first-order valence-corrected chi connectivity index (χ1v) is 5.57. The zero-order chi connectivity index (χ0) is 9.90. The number of carbonyl (C=O) groups excluding carboxylic acids is 1. The van der Waals surface area contributed by atoms with Gasteiger partial charge in [-0.3, -0.25) is 4.79 Å². The number of amides is 1. The topological polar surface area (TPSA) is 20.3 Å². The molecule has 0 atom stereocenters. The molecule has 0 saturated carbocycles. The van der Waals surface area contributed by atoms with Crippen molar-refractivity contribution in [3.05, 3.63) is 0 Å². The minimum absolute atomic E-state index is 0.269. The first-order valence-electron chi connectivity index (χ1n) is 4.94. The average Bonchev–Trinajstić information content (AvgIpc) is 2.04. The molecule has 0 radical (unpaired) electrons. The lowest BCUT2D eigenvalue weighted by Gasteiger charge is -2.36. The second-order valence-electron chi connectivity index (χ2n) is 4.52. The van der Waals surface area contributed by atoms with Gasteiger partial charge in [-0.15, -0.1) is 0 Å². The number of hydrogen-bond acceptors (Lipinski definition) is 2. The van der Waals surface area contributed by atoms with E-state index in [1.165, 1.54) is 0 Å². The standard InChI is InChI=1S/C10H19NOS/c1-10(2)4-6-11(7-5-10)9(12)3-8-13/h13H,3-8H2,1-2H3. The summed E-state index contributed by atoms with van der Waals surface area (Å²) < 4.78 is 0. The van der Waals surface area contributed by atoms with Crippen molar-refractivity contribution in [1.82, 2.24) is 4.90 Å². The first kappa shape index (κ1) is 10.9. The largest absolute Gasteiger partial charge is 0.343 e. The molecule has 3 heteroatoms. The van der Waals surface area contributed by atoms with Crippen LogP contribution in [0.3, 0.4) is 0 Å². The van der Waals surface area contributed by atoms with Crippen LogP contribution in [0.1, 0.15) is 33.1 Å². The van der Waals surface area contributed by atoms with E-state index in [9.17, 15) is 4.79 Å². The van der Waals surface area contributed by atoms with E-state index in [1.807, 2.05) is 4.90 Å². The molecule has 1 amide bonds. The SMILES string of the molecule is CC1(C)CCN(C(=O)CCS)CC1. The maximum Gasteiger partial charge on any atom is 0.223 e. The molecule has 0 unspecified atom stereocenters. The molecule has 0 spiro atoms. The molecule has 1 rings (SSSR count). The van der Waals surface area contributed by atoms with E-state index in [-0.39, 0.29) is 5.91 Å². The summed E-state index contributed by atoms with van der Waals surface area (Å²) in [5.74, 6) is 0.934. The highest BCUT2D eigenvalue weighted by Crippen LogP contribution is 2.29. The van der Waals surface area contributed by atoms with Crippen molar-refractivity contribution in [2.45, 2.75) is 33.1 Å². The number of rotatable bonds is 2. The first-order chi connectivity index (χ1) is 6.05. The Morgan fingerprint density at radius 3 is 2.38 bits per heavy atom. The van der Waals surface area contributed by atoms with Crippen LogP contribution in [-0.4, -0.2) is 29.6 Å². The summed E-state index contributed by atoms with van der Waals surface area (Å²) >= 11 is 4.07. The van der Waals surface area contributed by atoms with Gasteiger partial charge < -0.3 is 4.90 Å². The predicted molar refractivity (Wildman–Crippen MR) is 58.1 cm³/mol. The van der Waals surface area contributed by atoms with Crippen LogP contribution in [0, 0.1) is 5.41 Å². The van der Waals surface area contributed by atoms with Crippen LogP contribution >= 0.6 is 12.6 Å². The Morgan fingerprint density at radius 1 is 1.38 bits per heavy atom. The van der Waals surface area contributed by atoms with Gasteiger partial charge in [0.05, 0.1) is 0 Å². The lowest BCUT2D eigenvalue weighted by atomic mass is 9.82. The number of likely N-dealkylation sites (tertiary alicyclic amines) is 1. The van der Waals surface area contributed by atoms with Crippen molar-refractivity contribution >= 4 is 18.5 Å². The van der Waals surface area contributed by atoms with Crippen LogP contribution in [0.25, 0.3) is 0 Å². The monoisotopic (exact) mass is 201 g/mol. The van der Waals surface area contributed by atoms with E-state index in [0.29, 0.717) is 17.6 Å². The minimum Gasteiger partial charge on any atom is -0.343 e. The Balaban J connectivity index is 2.36. The van der Waals surface area contributed by atoms with Crippen LogP contribution in [0.5, 0.6) is 0 Å². The summed E-state index contributed by atoms with van der Waals surface area (Å²) in [6, 6.07) is 0. The van der Waals surface area contributed by atoms with Crippen LogP contribution < -0.4 is 0 Å². The lowest BCUT2D eigenvalue weighted by Crippen LogP contribution is -2.41. The van der Waals surface area contributed by atoms with Gasteiger partial charge in [-0.25, -0.2) is 0 Å². The quantitative estimate of drug-likeness (QED) is 0.677. The van der Waals surface area contributed by atoms with Gasteiger partial charge in [-0.2, -0.15) is 12.6 Å². The molecule has 1 saturated heterocycles. The third-order valence-electron chi connectivity index (χ3n) is 2.80. The predicted octanol–water partition coefficient (Wildman–Crippen LogP) is 1.95. The molecule has 1 fully saturated rings. The van der Waals surface area contributed by atoms with Gasteiger partial charge in [0.15, 0.2) is 0 Å². The number of hydrogen-bond donors (Lipinski definition) is 1. The molecule has 76 valence electrons. The van der Waals surface area contributed by atoms with Gasteiger partial charge in [-0.1, -0.05) is 13.8 Å². The van der Waals surface area contributed by atoms with E-state index >= 15 is 0 Å². The summed E-state index contributed by atoms with van der Waals surface area (Å²) in [5.41, 5.74) is 0.428. The summed E-state index contributed by atoms with van der Waals surface area (Å²) in [6.07, 6.45) is 2.85. The zero-order valence-corrected chi connectivity index (χ0v) is 9.44. The molecule has 0 N–H and O–H groups in total. The smallest absolute Gasteiger partial charge is 0.223 e. The highest BCUT2D eigenvalue weighted by molar-refractivity contribution is 7.80. The normalized spacial score (nSPS) is 21.6. The van der Waals surface area contributed by atoms with Crippen molar-refractivity contribution < 1.29 is 4.79 Å². The number of carbonyl (C=O) groups is 1. The Labute approximate surface area is 86.1 Å². The second-order valence-corrected chi connectivity index (χ2v) is 4.97. The number of nitrogens with zero attached hydrogens (tertiary/aromatic N) is 1. The number of thiol groups is 1. The van der Waals surface area contributed by atoms with Crippen molar-refractivity contribution in [2.24, 2.45) is 5.41 Å². The van der Waals surface area contributed by atoms with E-state index in [4.69, 9.17) is 0 Å². The summed E-state index contributed by atoms with van der Waals surface area (Å²) in [5, 5.41) is 0. The lowest BCUT2D eigenvalue weighted by molar-refractivity contribution is -0.132. The fourth-order valence-corrected chi connectivity index (χ4v) is 1.81. The Bertz CT molecular complexity index is 181. The van der Waals surface area contributed by atoms with Gasteiger partial charge in [0.1, 0.15) is 0 Å². The van der Waals surface area contributed by atoms with Crippen LogP contribution in [-0.2, 0) is 4.79 Å². The van der Waals surface area contributed by atoms with Crippen LogP contribution in [0.4, 0.5) is 0 Å². The third kappa shape index (κ3) is 3.22. The van der Waals surface area contributed by atoms with E-state index in [1.54, 1.807) is 0 Å². The maximum absolute atomic E-state index is 11.5. The molecule has 2 nitrogen and oxygen atoms in total. The van der Waals surface area contributed by atoms with E-state index < -0.39 is 0 Å². The van der Waals surface area contributed by atoms with Crippen molar-refractivity contribution in [3.8, 4) is 0 Å². The molecule has 1 aliphatic heterocycles. The van der Waals surface area contributed by atoms with Crippen molar-refractivity contribution in [1.29, 1.82) is 0 Å². The third-order valence-corrected chi connectivity index (χ3v) is 3.02. The highest BCUT2D eigenvalue weighted by atomic mass is 32.1.